The Balaban J connectivity index is 1.10. The minimum atomic E-state index is -0.487. The lowest BCUT2D eigenvalue weighted by molar-refractivity contribution is -0.128. The number of carbonyl (C=O) groups excluding carboxylic acids is 3. The van der Waals surface area contributed by atoms with Gasteiger partial charge in [0.1, 0.15) is 0 Å². The normalized spacial score (nSPS) is 31.8. The van der Waals surface area contributed by atoms with Gasteiger partial charge in [-0.3, -0.25) is 9.59 Å². The van der Waals surface area contributed by atoms with Crippen LogP contribution in [0.3, 0.4) is 0 Å². The van der Waals surface area contributed by atoms with E-state index < -0.39 is 5.97 Å². The van der Waals surface area contributed by atoms with Crippen molar-refractivity contribution in [3.63, 3.8) is 0 Å². The third kappa shape index (κ3) is 3.96. The molecular weight excluding hydrogens is 380 g/mol. The molecular formula is C24H30N2O4. The van der Waals surface area contributed by atoms with Crippen molar-refractivity contribution in [3.05, 3.63) is 35.4 Å². The summed E-state index contributed by atoms with van der Waals surface area (Å²) < 4.78 is 5.26. The third-order valence-electron chi connectivity index (χ3n) is 7.62. The first-order valence-corrected chi connectivity index (χ1v) is 11.4. The summed E-state index contributed by atoms with van der Waals surface area (Å²) in [6, 6.07) is 7.35. The molecule has 1 heterocycles. The molecule has 6 rings (SSSR count). The van der Waals surface area contributed by atoms with Gasteiger partial charge >= 0.3 is 5.97 Å². The van der Waals surface area contributed by atoms with Crippen molar-refractivity contribution in [2.45, 2.75) is 57.5 Å². The number of ether oxygens (including phenoxy) is 1. The minimum Gasteiger partial charge on any atom is -0.452 e. The second-order valence-electron chi connectivity index (χ2n) is 9.72. The maximum Gasteiger partial charge on any atom is 0.338 e. The molecule has 4 aliphatic carbocycles. The number of benzene rings is 1. The molecule has 30 heavy (non-hydrogen) atoms. The van der Waals surface area contributed by atoms with Gasteiger partial charge in [0.2, 0.25) is 5.91 Å². The van der Waals surface area contributed by atoms with E-state index in [0.717, 1.165) is 30.4 Å². The Labute approximate surface area is 177 Å². The lowest BCUT2D eigenvalue weighted by Gasteiger charge is -2.54. The summed E-state index contributed by atoms with van der Waals surface area (Å²) in [6.45, 7) is 1.13. The average Bonchev–Trinajstić information content (AvgIpc) is 3.13. The summed E-state index contributed by atoms with van der Waals surface area (Å²) >= 11 is 0. The monoisotopic (exact) mass is 410 g/mol. The molecule has 2 amide bonds. The highest BCUT2D eigenvalue weighted by Crippen LogP contribution is 2.53. The number of amides is 2. The molecule has 4 bridgehead atoms. The summed E-state index contributed by atoms with van der Waals surface area (Å²) in [6.07, 6.45) is 7.89. The van der Waals surface area contributed by atoms with Crippen LogP contribution >= 0.6 is 0 Å². The van der Waals surface area contributed by atoms with Crippen molar-refractivity contribution < 1.29 is 19.1 Å². The Morgan fingerprint density at radius 3 is 2.27 bits per heavy atom. The van der Waals surface area contributed by atoms with Gasteiger partial charge in [-0.05, 0) is 79.9 Å². The van der Waals surface area contributed by atoms with Crippen LogP contribution in [0.15, 0.2) is 24.3 Å². The van der Waals surface area contributed by atoms with Crippen LogP contribution in [0.2, 0.25) is 0 Å². The summed E-state index contributed by atoms with van der Waals surface area (Å²) in [5.41, 5.74) is 1.41. The lowest BCUT2D eigenvalue weighted by atomic mass is 9.54. The average molecular weight is 411 g/mol. The quantitative estimate of drug-likeness (QED) is 0.732. The van der Waals surface area contributed by atoms with Crippen molar-refractivity contribution in [2.24, 2.45) is 23.7 Å². The van der Waals surface area contributed by atoms with E-state index in [0.29, 0.717) is 30.4 Å². The molecule has 1 saturated heterocycles. The first kappa shape index (κ1) is 19.6. The van der Waals surface area contributed by atoms with Gasteiger partial charge < -0.3 is 15.0 Å². The Kier molecular flexibility index (Phi) is 5.25. The van der Waals surface area contributed by atoms with Gasteiger partial charge in [0.15, 0.2) is 6.61 Å². The second-order valence-corrected chi connectivity index (χ2v) is 9.72. The van der Waals surface area contributed by atoms with Crippen LogP contribution in [0, 0.1) is 23.7 Å². The van der Waals surface area contributed by atoms with Crippen LogP contribution < -0.4 is 5.32 Å². The highest BCUT2D eigenvalue weighted by atomic mass is 16.5. The first-order valence-electron chi connectivity index (χ1n) is 11.4. The van der Waals surface area contributed by atoms with E-state index in [9.17, 15) is 14.4 Å². The predicted octanol–water partition coefficient (Wildman–Crippen LogP) is 2.91. The van der Waals surface area contributed by atoms with Gasteiger partial charge in [-0.2, -0.15) is 0 Å². The van der Waals surface area contributed by atoms with E-state index in [2.05, 4.69) is 5.32 Å². The van der Waals surface area contributed by atoms with Gasteiger partial charge in [0, 0.05) is 25.6 Å². The number of esters is 1. The largest absolute Gasteiger partial charge is 0.452 e. The number of carbonyl (C=O) groups is 3. The number of rotatable bonds is 6. The van der Waals surface area contributed by atoms with Crippen LogP contribution in [0.4, 0.5) is 0 Å². The molecule has 1 N–H and O–H groups in total. The predicted molar refractivity (Wildman–Crippen MR) is 110 cm³/mol. The molecule has 0 aromatic heterocycles. The van der Waals surface area contributed by atoms with Crippen LogP contribution in [0.25, 0.3) is 0 Å². The van der Waals surface area contributed by atoms with E-state index in [1.165, 1.54) is 32.1 Å². The molecule has 5 aliphatic rings. The highest BCUT2D eigenvalue weighted by molar-refractivity contribution is 5.91. The molecule has 0 spiro atoms. The standard InChI is InChI=1S/C24H30N2O4/c27-21(25-23-19-9-16-8-17(11-19)12-20(23)10-16)14-30-24(29)18-5-3-15(4-6-18)13-26-7-1-2-22(26)28/h3-6,16-17,19-20,23H,1-2,7-14H2,(H,25,27). The molecule has 1 aliphatic heterocycles. The summed E-state index contributed by atoms with van der Waals surface area (Å²) in [5, 5.41) is 3.17. The number of likely N-dealkylation sites (tertiary alicyclic amines) is 1. The lowest BCUT2D eigenvalue weighted by Crippen LogP contribution is -2.56. The van der Waals surface area contributed by atoms with Gasteiger partial charge in [-0.1, -0.05) is 12.1 Å². The molecule has 0 unspecified atom stereocenters. The van der Waals surface area contributed by atoms with Crippen LogP contribution in [0.5, 0.6) is 0 Å². The van der Waals surface area contributed by atoms with E-state index in [4.69, 9.17) is 4.74 Å². The van der Waals surface area contributed by atoms with Gasteiger partial charge in [0.25, 0.3) is 5.91 Å². The van der Waals surface area contributed by atoms with E-state index in [-0.39, 0.29) is 24.5 Å². The highest BCUT2D eigenvalue weighted by Gasteiger charge is 2.48. The fourth-order valence-electron chi connectivity index (χ4n) is 6.44. The molecule has 6 nitrogen and oxygen atoms in total. The number of nitrogens with one attached hydrogen (secondary N) is 1. The second kappa shape index (κ2) is 8.05. The van der Waals surface area contributed by atoms with Crippen molar-refractivity contribution >= 4 is 17.8 Å². The zero-order chi connectivity index (χ0) is 20.7. The molecule has 1 aromatic carbocycles. The number of hydrogen-bond donors (Lipinski definition) is 1. The maximum absolute atomic E-state index is 12.4. The van der Waals surface area contributed by atoms with E-state index >= 15 is 0 Å². The molecule has 1 aromatic rings. The molecule has 4 saturated carbocycles. The van der Waals surface area contributed by atoms with E-state index in [1.54, 1.807) is 12.1 Å². The number of nitrogens with zero attached hydrogens (tertiary/aromatic N) is 1. The molecule has 0 radical (unpaired) electrons. The van der Waals surface area contributed by atoms with Gasteiger partial charge in [-0.25, -0.2) is 4.79 Å². The van der Waals surface area contributed by atoms with Crippen LogP contribution in [0.1, 0.15) is 60.9 Å². The zero-order valence-electron chi connectivity index (χ0n) is 17.3. The Hall–Kier alpha value is -2.37. The van der Waals surface area contributed by atoms with Crippen molar-refractivity contribution in [1.82, 2.24) is 10.2 Å². The summed E-state index contributed by atoms with van der Waals surface area (Å²) in [4.78, 5) is 38.3. The van der Waals surface area contributed by atoms with Crippen LogP contribution in [-0.4, -0.2) is 41.9 Å². The first-order chi connectivity index (χ1) is 14.5. The molecule has 6 heteroatoms. The zero-order valence-corrected chi connectivity index (χ0v) is 17.3. The summed E-state index contributed by atoms with van der Waals surface area (Å²) in [7, 11) is 0. The maximum atomic E-state index is 12.4. The van der Waals surface area contributed by atoms with E-state index in [1.807, 2.05) is 17.0 Å². The fraction of sp³-hybridized carbons (Fsp3) is 0.625. The Bertz CT molecular complexity index is 806. The Morgan fingerprint density at radius 1 is 1.00 bits per heavy atom. The number of hydrogen-bond acceptors (Lipinski definition) is 4. The Morgan fingerprint density at radius 2 is 1.67 bits per heavy atom. The molecule has 5 fully saturated rings. The molecule has 0 atom stereocenters. The minimum absolute atomic E-state index is 0.184. The smallest absolute Gasteiger partial charge is 0.338 e. The topological polar surface area (TPSA) is 75.7 Å². The van der Waals surface area contributed by atoms with Crippen molar-refractivity contribution in [1.29, 1.82) is 0 Å². The van der Waals surface area contributed by atoms with Gasteiger partial charge in [0.05, 0.1) is 5.56 Å². The van der Waals surface area contributed by atoms with Crippen LogP contribution in [-0.2, 0) is 20.9 Å². The van der Waals surface area contributed by atoms with Crippen molar-refractivity contribution in [3.8, 4) is 0 Å². The SMILES string of the molecule is O=C(COC(=O)c1ccc(CN2CCCC2=O)cc1)NC1C2CC3CC(C2)CC1C3. The fourth-order valence-corrected chi connectivity index (χ4v) is 6.44. The van der Waals surface area contributed by atoms with Gasteiger partial charge in [-0.15, -0.1) is 0 Å². The van der Waals surface area contributed by atoms with Crippen molar-refractivity contribution in [2.75, 3.05) is 13.2 Å². The third-order valence-corrected chi connectivity index (χ3v) is 7.62. The molecule has 160 valence electrons. The summed E-state index contributed by atoms with van der Waals surface area (Å²) in [5.74, 6) is 2.45.